The summed E-state index contributed by atoms with van der Waals surface area (Å²) >= 11 is 0. The molecular formula is C11H11F3O2. The van der Waals surface area contributed by atoms with Crippen molar-refractivity contribution in [2.45, 2.75) is 30.9 Å². The van der Waals surface area contributed by atoms with Crippen molar-refractivity contribution in [3.05, 3.63) is 35.9 Å². The first kappa shape index (κ1) is 11.4. The van der Waals surface area contributed by atoms with Crippen molar-refractivity contribution in [2.75, 3.05) is 0 Å². The van der Waals surface area contributed by atoms with Crippen molar-refractivity contribution in [3.8, 4) is 0 Å². The molecule has 1 saturated heterocycles. The van der Waals surface area contributed by atoms with Gasteiger partial charge in [-0.2, -0.15) is 13.2 Å². The van der Waals surface area contributed by atoms with E-state index in [1.807, 2.05) is 0 Å². The normalized spacial score (nSPS) is 31.2. The molecule has 1 heterocycles. The minimum absolute atomic E-state index is 0.0356. The topological polar surface area (TPSA) is 32.8 Å². The number of epoxide rings is 1. The highest BCUT2D eigenvalue weighted by Gasteiger charge is 2.75. The number of halogens is 3. The zero-order chi connectivity index (χ0) is 12.0. The summed E-state index contributed by atoms with van der Waals surface area (Å²) in [4.78, 5) is 0. The molecule has 0 aliphatic carbocycles. The summed E-state index contributed by atoms with van der Waals surface area (Å²) in [7, 11) is 0. The van der Waals surface area contributed by atoms with Crippen LogP contribution in [0.3, 0.4) is 0 Å². The number of rotatable bonds is 2. The first-order valence-electron chi connectivity index (χ1n) is 4.88. The second kappa shape index (κ2) is 3.46. The Morgan fingerprint density at radius 2 is 1.88 bits per heavy atom. The molecule has 1 aliphatic rings. The van der Waals surface area contributed by atoms with Crippen LogP contribution in [0.15, 0.2) is 30.3 Å². The summed E-state index contributed by atoms with van der Waals surface area (Å²) in [5.41, 5.74) is -2.30. The Hall–Kier alpha value is -1.07. The summed E-state index contributed by atoms with van der Waals surface area (Å²) in [5, 5.41) is 9.23. The maximum Gasteiger partial charge on any atom is 0.424 e. The van der Waals surface area contributed by atoms with Crippen LogP contribution >= 0.6 is 0 Å². The van der Waals surface area contributed by atoms with Crippen LogP contribution in [-0.2, 0) is 10.3 Å². The van der Waals surface area contributed by atoms with Gasteiger partial charge in [0.2, 0.25) is 5.60 Å². The van der Waals surface area contributed by atoms with Crippen LogP contribution in [0.4, 0.5) is 13.2 Å². The summed E-state index contributed by atoms with van der Waals surface area (Å²) < 4.78 is 43.6. The van der Waals surface area contributed by atoms with Crippen molar-refractivity contribution in [1.82, 2.24) is 0 Å². The minimum atomic E-state index is -4.52. The number of hydrogen-bond donors (Lipinski definition) is 1. The van der Waals surface area contributed by atoms with Gasteiger partial charge in [0.1, 0.15) is 6.10 Å². The highest BCUT2D eigenvalue weighted by Crippen LogP contribution is 2.58. The minimum Gasteiger partial charge on any atom is -0.391 e. The predicted molar refractivity (Wildman–Crippen MR) is 50.7 cm³/mol. The van der Waals surface area contributed by atoms with Gasteiger partial charge in [-0.25, -0.2) is 0 Å². The van der Waals surface area contributed by atoms with E-state index in [1.165, 1.54) is 31.2 Å². The molecule has 1 aromatic carbocycles. The maximum atomic E-state index is 13.0. The fourth-order valence-corrected chi connectivity index (χ4v) is 1.91. The molecule has 1 aromatic rings. The Kier molecular flexibility index (Phi) is 2.47. The molecule has 3 unspecified atom stereocenters. The van der Waals surface area contributed by atoms with E-state index in [9.17, 15) is 18.3 Å². The Morgan fingerprint density at radius 3 is 2.25 bits per heavy atom. The molecule has 0 radical (unpaired) electrons. The number of aliphatic hydroxyl groups excluding tert-OH is 1. The quantitative estimate of drug-likeness (QED) is 0.793. The van der Waals surface area contributed by atoms with Crippen LogP contribution in [0, 0.1) is 0 Å². The molecule has 2 nitrogen and oxygen atoms in total. The number of ether oxygens (including phenoxy) is 1. The van der Waals surface area contributed by atoms with E-state index in [1.54, 1.807) is 6.07 Å². The lowest BCUT2D eigenvalue weighted by Crippen LogP contribution is -2.35. The first-order valence-corrected chi connectivity index (χ1v) is 4.88. The second-order valence-electron chi connectivity index (χ2n) is 3.88. The van der Waals surface area contributed by atoms with E-state index in [4.69, 9.17) is 4.74 Å². The van der Waals surface area contributed by atoms with Crippen molar-refractivity contribution >= 4 is 0 Å². The monoisotopic (exact) mass is 232 g/mol. The average Bonchev–Trinajstić information content (AvgIpc) is 2.94. The van der Waals surface area contributed by atoms with Crippen LogP contribution in [0.5, 0.6) is 0 Å². The van der Waals surface area contributed by atoms with Gasteiger partial charge in [0.05, 0.1) is 6.10 Å². The van der Waals surface area contributed by atoms with Gasteiger partial charge < -0.3 is 9.84 Å². The SMILES string of the molecule is CC(O)C1OC1(c1ccccc1)C(F)(F)F. The smallest absolute Gasteiger partial charge is 0.391 e. The van der Waals surface area contributed by atoms with E-state index in [0.29, 0.717) is 0 Å². The molecule has 0 spiro atoms. The van der Waals surface area contributed by atoms with Crippen LogP contribution < -0.4 is 0 Å². The van der Waals surface area contributed by atoms with Crippen LogP contribution in [0.2, 0.25) is 0 Å². The third kappa shape index (κ3) is 1.51. The zero-order valence-corrected chi connectivity index (χ0v) is 8.53. The van der Waals surface area contributed by atoms with Crippen LogP contribution in [0.1, 0.15) is 12.5 Å². The standard InChI is InChI=1S/C11H11F3O2/c1-7(15)9-10(16-9,11(12,13)14)8-5-3-2-4-6-8/h2-7,9,15H,1H3. The van der Waals surface area contributed by atoms with Gasteiger partial charge in [0.15, 0.2) is 0 Å². The van der Waals surface area contributed by atoms with Gasteiger partial charge in [0, 0.05) is 0 Å². The van der Waals surface area contributed by atoms with Gasteiger partial charge in [0.25, 0.3) is 0 Å². The molecule has 1 aliphatic heterocycles. The van der Waals surface area contributed by atoms with Gasteiger partial charge >= 0.3 is 6.18 Å². The number of benzene rings is 1. The van der Waals surface area contributed by atoms with Crippen molar-refractivity contribution < 1.29 is 23.0 Å². The van der Waals surface area contributed by atoms with E-state index in [-0.39, 0.29) is 5.56 Å². The lowest BCUT2D eigenvalue weighted by Gasteiger charge is -2.18. The highest BCUT2D eigenvalue weighted by molar-refractivity contribution is 5.32. The molecule has 0 aromatic heterocycles. The molecule has 5 heteroatoms. The summed E-state index contributed by atoms with van der Waals surface area (Å²) in [5.74, 6) is 0. The van der Waals surface area contributed by atoms with E-state index in [2.05, 4.69) is 0 Å². The maximum absolute atomic E-state index is 13.0. The van der Waals surface area contributed by atoms with E-state index in [0.717, 1.165) is 0 Å². The Balaban J connectivity index is 2.40. The molecule has 1 fully saturated rings. The Labute approximate surface area is 90.7 Å². The van der Waals surface area contributed by atoms with Gasteiger partial charge in [-0.3, -0.25) is 0 Å². The van der Waals surface area contributed by atoms with Crippen LogP contribution in [0.25, 0.3) is 0 Å². The lowest BCUT2D eigenvalue weighted by atomic mass is 9.92. The van der Waals surface area contributed by atoms with E-state index < -0.39 is 24.0 Å². The van der Waals surface area contributed by atoms with Crippen molar-refractivity contribution in [2.24, 2.45) is 0 Å². The van der Waals surface area contributed by atoms with Crippen molar-refractivity contribution in [3.63, 3.8) is 0 Å². The molecule has 88 valence electrons. The summed E-state index contributed by atoms with van der Waals surface area (Å²) in [6.45, 7) is 1.29. The largest absolute Gasteiger partial charge is 0.424 e. The number of alkyl halides is 3. The number of hydrogen-bond acceptors (Lipinski definition) is 2. The first-order chi connectivity index (χ1) is 7.39. The zero-order valence-electron chi connectivity index (χ0n) is 8.53. The van der Waals surface area contributed by atoms with Gasteiger partial charge in [-0.05, 0) is 12.5 Å². The molecule has 1 N–H and O–H groups in total. The molecule has 16 heavy (non-hydrogen) atoms. The average molecular weight is 232 g/mol. The van der Waals surface area contributed by atoms with Crippen molar-refractivity contribution in [1.29, 1.82) is 0 Å². The third-order valence-corrected chi connectivity index (χ3v) is 2.72. The molecule has 0 amide bonds. The van der Waals surface area contributed by atoms with Crippen LogP contribution in [-0.4, -0.2) is 23.5 Å². The highest BCUT2D eigenvalue weighted by atomic mass is 19.4. The Morgan fingerprint density at radius 1 is 1.31 bits per heavy atom. The van der Waals surface area contributed by atoms with Gasteiger partial charge in [-0.15, -0.1) is 0 Å². The molecule has 3 atom stereocenters. The van der Waals surface area contributed by atoms with Gasteiger partial charge in [-0.1, -0.05) is 30.3 Å². The molecule has 0 saturated carbocycles. The molecule has 2 rings (SSSR count). The summed E-state index contributed by atoms with van der Waals surface area (Å²) in [6.07, 6.45) is -6.88. The fraction of sp³-hybridized carbons (Fsp3) is 0.455. The van der Waals surface area contributed by atoms with E-state index >= 15 is 0 Å². The summed E-state index contributed by atoms with van der Waals surface area (Å²) in [6, 6.07) is 7.38. The second-order valence-corrected chi connectivity index (χ2v) is 3.88. The molecule has 0 bridgehead atoms. The third-order valence-electron chi connectivity index (χ3n) is 2.72. The molecular weight excluding hydrogens is 221 g/mol. The number of aliphatic hydroxyl groups is 1. The fourth-order valence-electron chi connectivity index (χ4n) is 1.91. The lowest BCUT2D eigenvalue weighted by molar-refractivity contribution is -0.188. The Bertz CT molecular complexity index is 375. The predicted octanol–water partition coefficient (Wildman–Crippen LogP) is 2.22.